The van der Waals surface area contributed by atoms with Gasteiger partial charge < -0.3 is 5.32 Å². The molecule has 14 heavy (non-hydrogen) atoms. The van der Waals surface area contributed by atoms with E-state index in [0.29, 0.717) is 5.41 Å². The van der Waals surface area contributed by atoms with E-state index in [4.69, 9.17) is 0 Å². The van der Waals surface area contributed by atoms with E-state index in [9.17, 15) is 0 Å². The summed E-state index contributed by atoms with van der Waals surface area (Å²) in [5.74, 6) is 1.94. The van der Waals surface area contributed by atoms with Crippen LogP contribution < -0.4 is 5.32 Å². The van der Waals surface area contributed by atoms with Gasteiger partial charge >= 0.3 is 0 Å². The SMILES string of the molecule is CCC(CC(C)(C)C)C1CCNCC1. The first-order chi connectivity index (χ1) is 6.53. The zero-order valence-corrected chi connectivity index (χ0v) is 10.4. The molecule has 0 aromatic rings. The molecule has 0 saturated carbocycles. The molecule has 1 heteroatoms. The van der Waals surface area contributed by atoms with Gasteiger partial charge in [-0.25, -0.2) is 0 Å². The maximum absolute atomic E-state index is 3.46. The van der Waals surface area contributed by atoms with Gasteiger partial charge in [0.05, 0.1) is 0 Å². The molecule has 1 atom stereocenters. The topological polar surface area (TPSA) is 12.0 Å². The molecule has 0 aliphatic carbocycles. The van der Waals surface area contributed by atoms with Crippen LogP contribution in [-0.4, -0.2) is 13.1 Å². The highest BCUT2D eigenvalue weighted by atomic mass is 14.9. The lowest BCUT2D eigenvalue weighted by atomic mass is 9.74. The van der Waals surface area contributed by atoms with Gasteiger partial charge in [-0.15, -0.1) is 0 Å². The Labute approximate surface area is 89.7 Å². The van der Waals surface area contributed by atoms with Crippen LogP contribution in [0.4, 0.5) is 0 Å². The summed E-state index contributed by atoms with van der Waals surface area (Å²) in [7, 11) is 0. The van der Waals surface area contributed by atoms with Crippen LogP contribution >= 0.6 is 0 Å². The molecule has 0 amide bonds. The van der Waals surface area contributed by atoms with E-state index in [-0.39, 0.29) is 0 Å². The van der Waals surface area contributed by atoms with Crippen LogP contribution in [0.5, 0.6) is 0 Å². The lowest BCUT2D eigenvalue weighted by Crippen LogP contribution is -2.32. The van der Waals surface area contributed by atoms with Gasteiger partial charge in [-0.1, -0.05) is 34.1 Å². The maximum Gasteiger partial charge on any atom is -0.00462 e. The molecule has 0 spiro atoms. The first-order valence-electron chi connectivity index (χ1n) is 6.23. The van der Waals surface area contributed by atoms with Gasteiger partial charge in [0.15, 0.2) is 0 Å². The van der Waals surface area contributed by atoms with Gasteiger partial charge in [-0.05, 0) is 49.6 Å². The van der Waals surface area contributed by atoms with Crippen molar-refractivity contribution in [2.24, 2.45) is 17.3 Å². The van der Waals surface area contributed by atoms with Gasteiger partial charge in [0.1, 0.15) is 0 Å². The molecule has 1 aliphatic heterocycles. The molecule has 1 fully saturated rings. The Morgan fingerprint density at radius 1 is 1.21 bits per heavy atom. The quantitative estimate of drug-likeness (QED) is 0.730. The normalized spacial score (nSPS) is 22.3. The average Bonchev–Trinajstić information content (AvgIpc) is 2.14. The van der Waals surface area contributed by atoms with Crippen LogP contribution in [0.3, 0.4) is 0 Å². The molecule has 0 radical (unpaired) electrons. The van der Waals surface area contributed by atoms with E-state index in [0.717, 1.165) is 11.8 Å². The van der Waals surface area contributed by atoms with E-state index in [1.807, 2.05) is 0 Å². The first-order valence-corrected chi connectivity index (χ1v) is 6.23. The average molecular weight is 197 g/mol. The third-order valence-electron chi connectivity index (χ3n) is 3.45. The highest BCUT2D eigenvalue weighted by Crippen LogP contribution is 2.34. The molecule has 0 aromatic carbocycles. The van der Waals surface area contributed by atoms with Crippen molar-refractivity contribution in [1.29, 1.82) is 0 Å². The lowest BCUT2D eigenvalue weighted by Gasteiger charge is -2.34. The summed E-state index contributed by atoms with van der Waals surface area (Å²) in [5.41, 5.74) is 0.506. The molecule has 1 nitrogen and oxygen atoms in total. The van der Waals surface area contributed by atoms with E-state index >= 15 is 0 Å². The van der Waals surface area contributed by atoms with Crippen molar-refractivity contribution in [3.63, 3.8) is 0 Å². The Hall–Kier alpha value is -0.0400. The minimum atomic E-state index is 0.506. The number of nitrogens with one attached hydrogen (secondary N) is 1. The van der Waals surface area contributed by atoms with Gasteiger partial charge in [0, 0.05) is 0 Å². The van der Waals surface area contributed by atoms with Crippen molar-refractivity contribution in [3.05, 3.63) is 0 Å². The molecule has 1 N–H and O–H groups in total. The molecule has 1 aliphatic rings. The largest absolute Gasteiger partial charge is 0.317 e. The number of hydrogen-bond donors (Lipinski definition) is 1. The fourth-order valence-corrected chi connectivity index (χ4v) is 2.75. The zero-order valence-electron chi connectivity index (χ0n) is 10.4. The number of hydrogen-bond acceptors (Lipinski definition) is 1. The summed E-state index contributed by atoms with van der Waals surface area (Å²) >= 11 is 0. The highest BCUT2D eigenvalue weighted by molar-refractivity contribution is 4.78. The molecule has 84 valence electrons. The molecular weight excluding hydrogens is 170 g/mol. The molecule has 1 heterocycles. The fourth-order valence-electron chi connectivity index (χ4n) is 2.75. The molecule has 1 saturated heterocycles. The Kier molecular flexibility index (Phi) is 4.43. The molecular formula is C13H27N. The van der Waals surface area contributed by atoms with E-state index in [2.05, 4.69) is 33.0 Å². The summed E-state index contributed by atoms with van der Waals surface area (Å²) in [6, 6.07) is 0. The van der Waals surface area contributed by atoms with Crippen LogP contribution in [0, 0.1) is 17.3 Å². The van der Waals surface area contributed by atoms with Crippen molar-refractivity contribution in [2.45, 2.75) is 53.4 Å². The molecule has 1 rings (SSSR count). The van der Waals surface area contributed by atoms with Gasteiger partial charge in [-0.3, -0.25) is 0 Å². The van der Waals surface area contributed by atoms with E-state index in [1.165, 1.54) is 38.8 Å². The van der Waals surface area contributed by atoms with E-state index in [1.54, 1.807) is 0 Å². The van der Waals surface area contributed by atoms with Crippen molar-refractivity contribution in [1.82, 2.24) is 5.32 Å². The van der Waals surface area contributed by atoms with Gasteiger partial charge in [-0.2, -0.15) is 0 Å². The summed E-state index contributed by atoms with van der Waals surface area (Å²) in [4.78, 5) is 0. The third kappa shape index (κ3) is 4.00. The molecule has 0 aromatic heterocycles. The second-order valence-electron chi connectivity index (χ2n) is 6.02. The van der Waals surface area contributed by atoms with Crippen LogP contribution in [0.1, 0.15) is 53.4 Å². The van der Waals surface area contributed by atoms with E-state index < -0.39 is 0 Å². The predicted molar refractivity (Wildman–Crippen MR) is 63.4 cm³/mol. The third-order valence-corrected chi connectivity index (χ3v) is 3.45. The molecule has 1 unspecified atom stereocenters. The van der Waals surface area contributed by atoms with Crippen molar-refractivity contribution < 1.29 is 0 Å². The number of rotatable bonds is 3. The minimum Gasteiger partial charge on any atom is -0.317 e. The lowest BCUT2D eigenvalue weighted by molar-refractivity contribution is 0.183. The summed E-state index contributed by atoms with van der Waals surface area (Å²) in [5, 5.41) is 3.46. The second-order valence-corrected chi connectivity index (χ2v) is 6.02. The summed E-state index contributed by atoms with van der Waals surface area (Å²) < 4.78 is 0. The van der Waals surface area contributed by atoms with Crippen LogP contribution in [-0.2, 0) is 0 Å². The van der Waals surface area contributed by atoms with Crippen LogP contribution in [0.2, 0.25) is 0 Å². The van der Waals surface area contributed by atoms with Crippen LogP contribution in [0.15, 0.2) is 0 Å². The van der Waals surface area contributed by atoms with Crippen molar-refractivity contribution in [2.75, 3.05) is 13.1 Å². The predicted octanol–water partition coefficient (Wildman–Crippen LogP) is 3.45. The minimum absolute atomic E-state index is 0.506. The Morgan fingerprint density at radius 2 is 1.79 bits per heavy atom. The Bertz CT molecular complexity index is 151. The smallest absolute Gasteiger partial charge is 0.00462 e. The van der Waals surface area contributed by atoms with Gasteiger partial charge in [0.25, 0.3) is 0 Å². The standard InChI is InChI=1S/C13H27N/c1-5-11(10-13(2,3)4)12-6-8-14-9-7-12/h11-12,14H,5-10H2,1-4H3. The number of piperidine rings is 1. The highest BCUT2D eigenvalue weighted by Gasteiger charge is 2.26. The maximum atomic E-state index is 3.46. The van der Waals surface area contributed by atoms with Crippen molar-refractivity contribution >= 4 is 0 Å². The van der Waals surface area contributed by atoms with Gasteiger partial charge in [0.2, 0.25) is 0 Å². The summed E-state index contributed by atoms with van der Waals surface area (Å²) in [6.45, 7) is 12.0. The first kappa shape index (κ1) is 12.0. The Balaban J connectivity index is 2.43. The zero-order chi connectivity index (χ0) is 10.6. The van der Waals surface area contributed by atoms with Crippen molar-refractivity contribution in [3.8, 4) is 0 Å². The molecule has 0 bridgehead atoms. The second kappa shape index (κ2) is 5.16. The fraction of sp³-hybridized carbons (Fsp3) is 1.00. The summed E-state index contributed by atoms with van der Waals surface area (Å²) in [6.07, 6.45) is 5.55. The monoisotopic (exact) mass is 197 g/mol. The Morgan fingerprint density at radius 3 is 2.21 bits per heavy atom. The van der Waals surface area contributed by atoms with Crippen LogP contribution in [0.25, 0.3) is 0 Å².